The molecular formula is C12H16N2O3. The summed E-state index contributed by atoms with van der Waals surface area (Å²) < 4.78 is 10.3. The molecule has 0 saturated heterocycles. The van der Waals surface area contributed by atoms with Crippen LogP contribution in [0.25, 0.3) is 0 Å². The van der Waals surface area contributed by atoms with Gasteiger partial charge in [-0.2, -0.15) is 0 Å². The van der Waals surface area contributed by atoms with E-state index in [1.807, 2.05) is 6.07 Å². The van der Waals surface area contributed by atoms with Gasteiger partial charge >= 0.3 is 5.97 Å². The molecule has 1 aromatic rings. The number of ether oxygens (including phenoxy) is 2. The maximum Gasteiger partial charge on any atom is 0.341 e. The Hall–Kier alpha value is -1.75. The second-order valence-electron chi connectivity index (χ2n) is 3.90. The molecule has 2 rings (SSSR count). The third kappa shape index (κ3) is 2.34. The Balaban J connectivity index is 2.26. The van der Waals surface area contributed by atoms with Crippen molar-refractivity contribution < 1.29 is 14.3 Å². The topological polar surface area (TPSA) is 73.6 Å². The number of methoxy groups -OCH3 is 1. The molecule has 3 N–H and O–H groups in total. The summed E-state index contributed by atoms with van der Waals surface area (Å²) in [7, 11) is 1.36. The van der Waals surface area contributed by atoms with Crippen molar-refractivity contribution >= 4 is 11.7 Å². The number of benzene rings is 1. The molecule has 1 atom stereocenters. The van der Waals surface area contributed by atoms with Gasteiger partial charge in [-0.15, -0.1) is 0 Å². The fraction of sp³-hybridized carbons (Fsp3) is 0.417. The highest BCUT2D eigenvalue weighted by Crippen LogP contribution is 2.33. The number of esters is 1. The highest BCUT2D eigenvalue weighted by atomic mass is 16.5. The Morgan fingerprint density at radius 3 is 3.18 bits per heavy atom. The van der Waals surface area contributed by atoms with E-state index < -0.39 is 0 Å². The molecule has 1 aliphatic heterocycles. The standard InChI is InChI=1S/C12H16N2O3/c1-16-12(15)9-3-2-4-10-11(9)17-7-8(14-10)5-6-13/h2-4,8,14H,5-7,13H2,1H3. The SMILES string of the molecule is COC(=O)c1cccc2c1OCC(CCN)N2. The summed E-state index contributed by atoms with van der Waals surface area (Å²) in [6.45, 7) is 1.12. The van der Waals surface area contributed by atoms with E-state index in [1.165, 1.54) is 7.11 Å². The highest BCUT2D eigenvalue weighted by Gasteiger charge is 2.23. The van der Waals surface area contributed by atoms with Crippen molar-refractivity contribution in [2.24, 2.45) is 5.73 Å². The van der Waals surface area contributed by atoms with Gasteiger partial charge in [0, 0.05) is 0 Å². The first-order valence-electron chi connectivity index (χ1n) is 5.57. The van der Waals surface area contributed by atoms with Crippen molar-refractivity contribution in [3.63, 3.8) is 0 Å². The fourth-order valence-electron chi connectivity index (χ4n) is 1.88. The molecule has 1 aromatic carbocycles. The molecule has 0 bridgehead atoms. The van der Waals surface area contributed by atoms with E-state index in [0.29, 0.717) is 24.5 Å². The largest absolute Gasteiger partial charge is 0.488 e. The van der Waals surface area contributed by atoms with Crippen molar-refractivity contribution in [1.29, 1.82) is 0 Å². The van der Waals surface area contributed by atoms with Crippen LogP contribution in [0.1, 0.15) is 16.8 Å². The van der Waals surface area contributed by atoms with Gasteiger partial charge in [-0.05, 0) is 25.1 Å². The van der Waals surface area contributed by atoms with Crippen LogP contribution in [0.15, 0.2) is 18.2 Å². The van der Waals surface area contributed by atoms with Gasteiger partial charge in [0.25, 0.3) is 0 Å². The van der Waals surface area contributed by atoms with E-state index in [9.17, 15) is 4.79 Å². The van der Waals surface area contributed by atoms with Crippen LogP contribution >= 0.6 is 0 Å². The molecule has 0 aliphatic carbocycles. The summed E-state index contributed by atoms with van der Waals surface area (Å²) in [4.78, 5) is 11.5. The molecule has 92 valence electrons. The predicted molar refractivity (Wildman–Crippen MR) is 64.4 cm³/mol. The predicted octanol–water partition coefficient (Wildman–Crippen LogP) is 0.995. The van der Waals surface area contributed by atoms with Gasteiger partial charge in [0.1, 0.15) is 12.2 Å². The Morgan fingerprint density at radius 1 is 1.65 bits per heavy atom. The molecule has 0 radical (unpaired) electrons. The van der Waals surface area contributed by atoms with Crippen LogP contribution in [-0.2, 0) is 4.74 Å². The number of nitrogens with two attached hydrogens (primary N) is 1. The summed E-state index contributed by atoms with van der Waals surface area (Å²) in [5.41, 5.74) is 6.77. The molecule has 1 aliphatic rings. The first-order chi connectivity index (χ1) is 8.26. The minimum atomic E-state index is -0.388. The second-order valence-corrected chi connectivity index (χ2v) is 3.90. The fourth-order valence-corrected chi connectivity index (χ4v) is 1.88. The average molecular weight is 236 g/mol. The van der Waals surface area contributed by atoms with Crippen LogP contribution in [0, 0.1) is 0 Å². The van der Waals surface area contributed by atoms with Gasteiger partial charge in [0.05, 0.1) is 18.8 Å². The van der Waals surface area contributed by atoms with Crippen molar-refractivity contribution in [3.05, 3.63) is 23.8 Å². The molecule has 0 saturated carbocycles. The van der Waals surface area contributed by atoms with Crippen LogP contribution in [-0.4, -0.2) is 32.3 Å². The average Bonchev–Trinajstić information content (AvgIpc) is 2.37. The minimum absolute atomic E-state index is 0.195. The third-order valence-corrected chi connectivity index (χ3v) is 2.72. The number of carbonyl (C=O) groups is 1. The zero-order chi connectivity index (χ0) is 12.3. The van der Waals surface area contributed by atoms with Crippen LogP contribution in [0.3, 0.4) is 0 Å². The summed E-state index contributed by atoms with van der Waals surface area (Å²) in [5.74, 6) is 0.175. The van der Waals surface area contributed by atoms with Crippen molar-refractivity contribution in [2.75, 3.05) is 25.6 Å². The maximum atomic E-state index is 11.5. The third-order valence-electron chi connectivity index (χ3n) is 2.72. The lowest BCUT2D eigenvalue weighted by molar-refractivity contribution is 0.0595. The van der Waals surface area contributed by atoms with Crippen LogP contribution in [0.2, 0.25) is 0 Å². The van der Waals surface area contributed by atoms with Crippen LogP contribution in [0.4, 0.5) is 5.69 Å². The molecule has 17 heavy (non-hydrogen) atoms. The van der Waals surface area contributed by atoms with Gasteiger partial charge in [-0.3, -0.25) is 0 Å². The molecular weight excluding hydrogens is 220 g/mol. The Labute approximate surface area is 99.9 Å². The number of nitrogens with one attached hydrogen (secondary N) is 1. The van der Waals surface area contributed by atoms with Gasteiger partial charge in [0.2, 0.25) is 0 Å². The lowest BCUT2D eigenvalue weighted by Crippen LogP contribution is -2.33. The first-order valence-corrected chi connectivity index (χ1v) is 5.57. The monoisotopic (exact) mass is 236 g/mol. The lowest BCUT2D eigenvalue weighted by Gasteiger charge is -2.28. The molecule has 0 amide bonds. The maximum absolute atomic E-state index is 11.5. The number of carbonyl (C=O) groups excluding carboxylic acids is 1. The Bertz CT molecular complexity index is 420. The normalized spacial score (nSPS) is 17.6. The molecule has 5 heteroatoms. The zero-order valence-corrected chi connectivity index (χ0v) is 9.73. The van der Waals surface area contributed by atoms with Crippen molar-refractivity contribution in [2.45, 2.75) is 12.5 Å². The van der Waals surface area contributed by atoms with Crippen molar-refractivity contribution in [1.82, 2.24) is 0 Å². The Morgan fingerprint density at radius 2 is 2.47 bits per heavy atom. The van der Waals surface area contributed by atoms with E-state index in [4.69, 9.17) is 15.2 Å². The van der Waals surface area contributed by atoms with E-state index in [0.717, 1.165) is 12.1 Å². The number of rotatable bonds is 3. The van der Waals surface area contributed by atoms with Crippen molar-refractivity contribution in [3.8, 4) is 5.75 Å². The molecule has 1 unspecified atom stereocenters. The van der Waals surface area contributed by atoms with Crippen LogP contribution in [0.5, 0.6) is 5.75 Å². The Kier molecular flexibility index (Phi) is 3.49. The molecule has 5 nitrogen and oxygen atoms in total. The first kappa shape index (κ1) is 11.7. The van der Waals surface area contributed by atoms with E-state index >= 15 is 0 Å². The number of hydrogen-bond donors (Lipinski definition) is 2. The highest BCUT2D eigenvalue weighted by molar-refractivity contribution is 5.95. The van der Waals surface area contributed by atoms with Gasteiger partial charge < -0.3 is 20.5 Å². The summed E-state index contributed by atoms with van der Waals surface area (Å²) in [5, 5.41) is 3.30. The summed E-state index contributed by atoms with van der Waals surface area (Å²) in [6.07, 6.45) is 0.835. The van der Waals surface area contributed by atoms with E-state index in [-0.39, 0.29) is 12.0 Å². The molecule has 0 aromatic heterocycles. The number of para-hydroxylation sites is 1. The lowest BCUT2D eigenvalue weighted by atomic mass is 10.1. The molecule has 0 fully saturated rings. The van der Waals surface area contributed by atoms with Crippen LogP contribution < -0.4 is 15.8 Å². The van der Waals surface area contributed by atoms with Gasteiger partial charge in [-0.1, -0.05) is 6.07 Å². The number of fused-ring (bicyclic) bond motifs is 1. The second kappa shape index (κ2) is 5.05. The van der Waals surface area contributed by atoms with Gasteiger partial charge in [-0.25, -0.2) is 4.79 Å². The number of anilines is 1. The minimum Gasteiger partial charge on any atom is -0.488 e. The van der Waals surface area contributed by atoms with E-state index in [2.05, 4.69) is 5.32 Å². The zero-order valence-electron chi connectivity index (χ0n) is 9.73. The number of hydrogen-bond acceptors (Lipinski definition) is 5. The summed E-state index contributed by atoms with van der Waals surface area (Å²) in [6, 6.07) is 5.56. The van der Waals surface area contributed by atoms with E-state index in [1.54, 1.807) is 12.1 Å². The smallest absolute Gasteiger partial charge is 0.341 e. The van der Waals surface area contributed by atoms with Gasteiger partial charge in [0.15, 0.2) is 5.75 Å². The molecule has 0 spiro atoms. The molecule has 1 heterocycles. The summed E-state index contributed by atoms with van der Waals surface area (Å²) >= 11 is 0. The quantitative estimate of drug-likeness (QED) is 0.766.